The van der Waals surface area contributed by atoms with Crippen molar-refractivity contribution in [3.8, 4) is 11.1 Å². The maximum atomic E-state index is 12.1. The highest BCUT2D eigenvalue weighted by Crippen LogP contribution is 2.37. The van der Waals surface area contributed by atoms with Crippen molar-refractivity contribution in [2.24, 2.45) is 5.92 Å². The quantitative estimate of drug-likeness (QED) is 0.504. The molecule has 0 N–H and O–H groups in total. The van der Waals surface area contributed by atoms with Crippen molar-refractivity contribution in [3.05, 3.63) is 71.3 Å². The SMILES string of the molecule is FC/C=C/CC1CCC(c2ccc(-c3ccc(Cl)cc3)cc2)CC1. The van der Waals surface area contributed by atoms with Crippen molar-refractivity contribution in [1.82, 2.24) is 0 Å². The average molecular weight is 343 g/mol. The number of rotatable bonds is 5. The molecular weight excluding hydrogens is 319 g/mol. The molecular formula is C22H24ClF. The first-order chi connectivity index (χ1) is 11.8. The second-order valence-corrected chi connectivity index (χ2v) is 7.14. The Bertz CT molecular complexity index is 649. The van der Waals surface area contributed by atoms with E-state index in [-0.39, 0.29) is 6.67 Å². The molecule has 0 nitrogen and oxygen atoms in total. The molecule has 2 heteroatoms. The minimum Gasteiger partial charge on any atom is -0.247 e. The fourth-order valence-electron chi connectivity index (χ4n) is 3.67. The summed E-state index contributed by atoms with van der Waals surface area (Å²) in [6.45, 7) is -0.338. The van der Waals surface area contributed by atoms with Crippen LogP contribution >= 0.6 is 11.6 Å². The summed E-state index contributed by atoms with van der Waals surface area (Å²) in [5.74, 6) is 1.41. The number of benzene rings is 2. The highest BCUT2D eigenvalue weighted by molar-refractivity contribution is 6.30. The molecule has 0 bridgehead atoms. The number of hydrogen-bond donors (Lipinski definition) is 0. The molecule has 1 fully saturated rings. The van der Waals surface area contributed by atoms with Gasteiger partial charge in [0.15, 0.2) is 0 Å². The van der Waals surface area contributed by atoms with Gasteiger partial charge in [-0.15, -0.1) is 0 Å². The van der Waals surface area contributed by atoms with Gasteiger partial charge in [0.05, 0.1) is 0 Å². The van der Waals surface area contributed by atoms with Gasteiger partial charge >= 0.3 is 0 Å². The number of hydrogen-bond acceptors (Lipinski definition) is 0. The summed E-state index contributed by atoms with van der Waals surface area (Å²) in [5.41, 5.74) is 3.89. The molecule has 1 aliphatic rings. The first-order valence-electron chi connectivity index (χ1n) is 8.83. The zero-order valence-corrected chi connectivity index (χ0v) is 14.7. The van der Waals surface area contributed by atoms with Crippen LogP contribution in [0.15, 0.2) is 60.7 Å². The molecule has 0 amide bonds. The van der Waals surface area contributed by atoms with E-state index in [1.807, 2.05) is 18.2 Å². The molecule has 0 saturated heterocycles. The molecule has 0 aromatic heterocycles. The molecule has 24 heavy (non-hydrogen) atoms. The normalized spacial score (nSPS) is 21.2. The predicted molar refractivity (Wildman–Crippen MR) is 101 cm³/mol. The molecule has 3 rings (SSSR count). The van der Waals surface area contributed by atoms with Gasteiger partial charge in [-0.1, -0.05) is 60.2 Å². The third-order valence-electron chi connectivity index (χ3n) is 5.13. The Kier molecular flexibility index (Phi) is 6.09. The van der Waals surface area contributed by atoms with Gasteiger partial charge in [0.2, 0.25) is 0 Å². The van der Waals surface area contributed by atoms with Crippen molar-refractivity contribution in [1.29, 1.82) is 0 Å². The van der Waals surface area contributed by atoms with Crippen molar-refractivity contribution >= 4 is 11.6 Å². The summed E-state index contributed by atoms with van der Waals surface area (Å²) in [7, 11) is 0. The second kappa shape index (κ2) is 8.48. The molecule has 0 spiro atoms. The van der Waals surface area contributed by atoms with Crippen LogP contribution in [0.3, 0.4) is 0 Å². The lowest BCUT2D eigenvalue weighted by Crippen LogP contribution is -2.12. The van der Waals surface area contributed by atoms with Gasteiger partial charge in [0.1, 0.15) is 6.67 Å². The summed E-state index contributed by atoms with van der Waals surface area (Å²) in [5, 5.41) is 0.772. The van der Waals surface area contributed by atoms with Gasteiger partial charge < -0.3 is 0 Å². The highest BCUT2D eigenvalue weighted by atomic mass is 35.5. The molecule has 0 unspecified atom stereocenters. The van der Waals surface area contributed by atoms with Gasteiger partial charge in [0, 0.05) is 5.02 Å². The van der Waals surface area contributed by atoms with E-state index in [1.165, 1.54) is 42.4 Å². The van der Waals surface area contributed by atoms with E-state index in [0.29, 0.717) is 5.92 Å². The summed E-state index contributed by atoms with van der Waals surface area (Å²) in [6, 6.07) is 17.0. The van der Waals surface area contributed by atoms with Gasteiger partial charge in [-0.05, 0) is 72.8 Å². The molecule has 1 saturated carbocycles. The van der Waals surface area contributed by atoms with Crippen LogP contribution in [-0.2, 0) is 0 Å². The smallest absolute Gasteiger partial charge is 0.108 e. The Hall–Kier alpha value is -1.60. The van der Waals surface area contributed by atoms with Crippen LogP contribution in [0.1, 0.15) is 43.6 Å². The zero-order valence-electron chi connectivity index (χ0n) is 13.9. The third kappa shape index (κ3) is 4.48. The lowest BCUT2D eigenvalue weighted by atomic mass is 9.77. The first kappa shape index (κ1) is 17.2. The molecule has 0 radical (unpaired) electrons. The average Bonchev–Trinajstić information content (AvgIpc) is 2.63. The molecule has 0 aliphatic heterocycles. The van der Waals surface area contributed by atoms with E-state index in [1.54, 1.807) is 6.08 Å². The number of allylic oxidation sites excluding steroid dienone is 2. The van der Waals surface area contributed by atoms with Crippen LogP contribution < -0.4 is 0 Å². The van der Waals surface area contributed by atoms with Gasteiger partial charge in [-0.3, -0.25) is 0 Å². The largest absolute Gasteiger partial charge is 0.247 e. The van der Waals surface area contributed by atoms with Crippen LogP contribution in [0.4, 0.5) is 4.39 Å². The first-order valence-corrected chi connectivity index (χ1v) is 9.21. The van der Waals surface area contributed by atoms with E-state index in [0.717, 1.165) is 17.4 Å². The Labute approximate surface area is 149 Å². The number of halogens is 2. The van der Waals surface area contributed by atoms with Crippen LogP contribution in [0.2, 0.25) is 5.02 Å². The Morgan fingerprint density at radius 1 is 0.833 bits per heavy atom. The van der Waals surface area contributed by atoms with Crippen LogP contribution in [-0.4, -0.2) is 6.67 Å². The van der Waals surface area contributed by atoms with Crippen LogP contribution in [0, 0.1) is 5.92 Å². The molecule has 0 atom stereocenters. The minimum absolute atomic E-state index is 0.338. The Morgan fingerprint density at radius 3 is 2.00 bits per heavy atom. The number of alkyl halides is 1. The second-order valence-electron chi connectivity index (χ2n) is 6.71. The predicted octanol–water partition coefficient (Wildman–Crippen LogP) is 7.20. The summed E-state index contributed by atoms with van der Waals surface area (Å²) < 4.78 is 12.1. The molecule has 0 heterocycles. The van der Waals surface area contributed by atoms with Gasteiger partial charge in [0.25, 0.3) is 0 Å². The summed E-state index contributed by atoms with van der Waals surface area (Å²) in [4.78, 5) is 0. The minimum atomic E-state index is -0.338. The Morgan fingerprint density at radius 2 is 1.42 bits per heavy atom. The van der Waals surface area contributed by atoms with Gasteiger partial charge in [-0.2, -0.15) is 0 Å². The van der Waals surface area contributed by atoms with E-state index >= 15 is 0 Å². The van der Waals surface area contributed by atoms with E-state index in [9.17, 15) is 4.39 Å². The Balaban J connectivity index is 1.58. The van der Waals surface area contributed by atoms with E-state index in [4.69, 9.17) is 11.6 Å². The van der Waals surface area contributed by atoms with Crippen molar-refractivity contribution < 1.29 is 4.39 Å². The lowest BCUT2D eigenvalue weighted by molar-refractivity contribution is 0.328. The summed E-state index contributed by atoms with van der Waals surface area (Å²) in [6.07, 6.45) is 9.67. The monoisotopic (exact) mass is 342 g/mol. The zero-order chi connectivity index (χ0) is 16.8. The van der Waals surface area contributed by atoms with Crippen LogP contribution in [0.5, 0.6) is 0 Å². The fraction of sp³-hybridized carbons (Fsp3) is 0.364. The molecule has 2 aromatic carbocycles. The topological polar surface area (TPSA) is 0 Å². The maximum absolute atomic E-state index is 12.1. The standard InChI is InChI=1S/C22H24ClF/c23-22-14-12-21(13-15-22)20-10-8-19(9-11-20)18-6-4-17(5-7-18)3-1-2-16-24/h1-2,8-15,17-18H,3-7,16H2/b2-1+. The van der Waals surface area contributed by atoms with Crippen molar-refractivity contribution in [2.45, 2.75) is 38.0 Å². The van der Waals surface area contributed by atoms with Crippen LogP contribution in [0.25, 0.3) is 11.1 Å². The molecule has 126 valence electrons. The maximum Gasteiger partial charge on any atom is 0.108 e. The van der Waals surface area contributed by atoms with Crippen molar-refractivity contribution in [3.63, 3.8) is 0 Å². The van der Waals surface area contributed by atoms with E-state index in [2.05, 4.69) is 36.4 Å². The van der Waals surface area contributed by atoms with Crippen molar-refractivity contribution in [2.75, 3.05) is 6.67 Å². The molecule has 1 aliphatic carbocycles. The molecule has 2 aromatic rings. The highest BCUT2D eigenvalue weighted by Gasteiger charge is 2.21. The lowest BCUT2D eigenvalue weighted by Gasteiger charge is -2.28. The summed E-state index contributed by atoms with van der Waals surface area (Å²) >= 11 is 5.95. The fourth-order valence-corrected chi connectivity index (χ4v) is 3.80. The van der Waals surface area contributed by atoms with E-state index < -0.39 is 0 Å². The van der Waals surface area contributed by atoms with Gasteiger partial charge in [-0.25, -0.2) is 4.39 Å². The third-order valence-corrected chi connectivity index (χ3v) is 5.38.